The molecule has 1 fully saturated rings. The van der Waals surface area contributed by atoms with Crippen molar-refractivity contribution in [3.63, 3.8) is 0 Å². The highest BCUT2D eigenvalue weighted by molar-refractivity contribution is 6.31. The van der Waals surface area contributed by atoms with Crippen LogP contribution in [0.25, 0.3) is 11.0 Å². The minimum absolute atomic E-state index is 0.0322. The average molecular weight is 402 g/mol. The fourth-order valence-corrected chi connectivity index (χ4v) is 4.18. The Balaban J connectivity index is 1.27. The van der Waals surface area contributed by atoms with E-state index >= 15 is 0 Å². The van der Waals surface area contributed by atoms with Gasteiger partial charge in [-0.2, -0.15) is 0 Å². The van der Waals surface area contributed by atoms with Crippen molar-refractivity contribution in [2.45, 2.75) is 57.2 Å². The van der Waals surface area contributed by atoms with Crippen LogP contribution in [0.4, 0.5) is 0 Å². The maximum Gasteiger partial charge on any atom is 0.220 e. The van der Waals surface area contributed by atoms with Gasteiger partial charge in [0.05, 0.1) is 29.2 Å². The average Bonchev–Trinajstić information content (AvgIpc) is 3.34. The SMILES string of the molecule is Cc1nccn1[C@@H]1CC[C@@H](NC(=O)CCCc2nc3ccc(Cl)cc3[nH]2)[C@H]1O. The van der Waals surface area contributed by atoms with E-state index in [1.165, 1.54) is 0 Å². The molecule has 8 heteroatoms. The molecule has 7 nitrogen and oxygen atoms in total. The molecular weight excluding hydrogens is 378 g/mol. The number of imidazole rings is 2. The van der Waals surface area contributed by atoms with Gasteiger partial charge in [-0.05, 0) is 44.4 Å². The Morgan fingerprint density at radius 2 is 2.29 bits per heavy atom. The molecule has 0 aliphatic heterocycles. The number of rotatable bonds is 6. The molecule has 28 heavy (non-hydrogen) atoms. The highest BCUT2D eigenvalue weighted by Gasteiger charge is 2.36. The Morgan fingerprint density at radius 1 is 1.43 bits per heavy atom. The van der Waals surface area contributed by atoms with Gasteiger partial charge in [0, 0.05) is 30.3 Å². The van der Waals surface area contributed by atoms with E-state index < -0.39 is 6.10 Å². The molecule has 4 rings (SSSR count). The number of amides is 1. The van der Waals surface area contributed by atoms with Crippen LogP contribution in [0.5, 0.6) is 0 Å². The van der Waals surface area contributed by atoms with Crippen molar-refractivity contribution in [1.82, 2.24) is 24.8 Å². The highest BCUT2D eigenvalue weighted by atomic mass is 35.5. The van der Waals surface area contributed by atoms with E-state index in [2.05, 4.69) is 20.3 Å². The fraction of sp³-hybridized carbons (Fsp3) is 0.450. The van der Waals surface area contributed by atoms with Gasteiger partial charge < -0.3 is 20.0 Å². The lowest BCUT2D eigenvalue weighted by Crippen LogP contribution is -2.42. The zero-order chi connectivity index (χ0) is 19.7. The van der Waals surface area contributed by atoms with Gasteiger partial charge in [-0.15, -0.1) is 0 Å². The summed E-state index contributed by atoms with van der Waals surface area (Å²) in [5.74, 6) is 1.69. The lowest BCUT2D eigenvalue weighted by Gasteiger charge is -2.22. The van der Waals surface area contributed by atoms with E-state index in [0.717, 1.165) is 35.5 Å². The maximum absolute atomic E-state index is 12.3. The molecule has 2 aromatic heterocycles. The molecule has 3 N–H and O–H groups in total. The number of aromatic amines is 1. The largest absolute Gasteiger partial charge is 0.389 e. The zero-order valence-electron chi connectivity index (χ0n) is 15.7. The van der Waals surface area contributed by atoms with Crippen molar-refractivity contribution >= 4 is 28.5 Å². The summed E-state index contributed by atoms with van der Waals surface area (Å²) < 4.78 is 1.99. The molecule has 1 saturated carbocycles. The summed E-state index contributed by atoms with van der Waals surface area (Å²) in [4.78, 5) is 24.3. The van der Waals surface area contributed by atoms with Gasteiger partial charge in [-0.25, -0.2) is 9.97 Å². The van der Waals surface area contributed by atoms with Crippen LogP contribution in [-0.4, -0.2) is 42.7 Å². The number of nitrogens with one attached hydrogen (secondary N) is 2. The molecule has 0 spiro atoms. The number of aliphatic hydroxyl groups is 1. The molecule has 0 bridgehead atoms. The number of carbonyl (C=O) groups is 1. The van der Waals surface area contributed by atoms with Crippen molar-refractivity contribution in [3.05, 3.63) is 47.3 Å². The second-order valence-corrected chi connectivity index (χ2v) is 7.83. The number of halogens is 1. The van der Waals surface area contributed by atoms with Crippen molar-refractivity contribution in [2.75, 3.05) is 0 Å². The summed E-state index contributed by atoms with van der Waals surface area (Å²) in [7, 11) is 0. The molecule has 1 aliphatic rings. The molecule has 148 valence electrons. The summed E-state index contributed by atoms with van der Waals surface area (Å²) in [6.07, 6.45) is 6.38. The number of aromatic nitrogens is 4. The van der Waals surface area contributed by atoms with E-state index in [9.17, 15) is 9.90 Å². The van der Waals surface area contributed by atoms with Crippen LogP contribution in [0.15, 0.2) is 30.6 Å². The van der Waals surface area contributed by atoms with Crippen LogP contribution in [0.3, 0.4) is 0 Å². The number of benzene rings is 1. The number of aryl methyl sites for hydroxylation is 2. The Kier molecular flexibility index (Phi) is 5.37. The minimum Gasteiger partial charge on any atom is -0.389 e. The third kappa shape index (κ3) is 3.91. The summed E-state index contributed by atoms with van der Waals surface area (Å²) >= 11 is 5.99. The lowest BCUT2D eigenvalue weighted by molar-refractivity contribution is -0.122. The van der Waals surface area contributed by atoms with Gasteiger partial charge in [-0.1, -0.05) is 11.6 Å². The van der Waals surface area contributed by atoms with E-state index in [1.54, 1.807) is 6.20 Å². The van der Waals surface area contributed by atoms with Crippen LogP contribution >= 0.6 is 11.6 Å². The predicted octanol–water partition coefficient (Wildman–Crippen LogP) is 2.92. The summed E-state index contributed by atoms with van der Waals surface area (Å²) in [5.41, 5.74) is 1.78. The first-order valence-corrected chi connectivity index (χ1v) is 10.00. The quantitative estimate of drug-likeness (QED) is 0.591. The first-order chi connectivity index (χ1) is 13.5. The number of hydrogen-bond acceptors (Lipinski definition) is 4. The summed E-state index contributed by atoms with van der Waals surface area (Å²) in [5, 5.41) is 14.3. The molecule has 1 aliphatic carbocycles. The minimum atomic E-state index is -0.600. The molecular formula is C20H24ClN5O2. The third-order valence-corrected chi connectivity index (χ3v) is 5.69. The summed E-state index contributed by atoms with van der Waals surface area (Å²) in [6, 6.07) is 5.29. The molecule has 1 aromatic carbocycles. The Morgan fingerprint density at radius 3 is 3.07 bits per heavy atom. The Labute approximate surface area is 168 Å². The van der Waals surface area contributed by atoms with Crippen LogP contribution in [0, 0.1) is 6.92 Å². The molecule has 3 aromatic rings. The second kappa shape index (κ2) is 7.93. The normalized spacial score (nSPS) is 22.0. The van der Waals surface area contributed by atoms with Crippen molar-refractivity contribution < 1.29 is 9.90 Å². The van der Waals surface area contributed by atoms with E-state index in [-0.39, 0.29) is 18.0 Å². The Bertz CT molecular complexity index is 982. The highest BCUT2D eigenvalue weighted by Crippen LogP contribution is 2.31. The van der Waals surface area contributed by atoms with Gasteiger partial charge in [0.1, 0.15) is 11.6 Å². The fourth-order valence-electron chi connectivity index (χ4n) is 4.01. The monoisotopic (exact) mass is 401 g/mol. The molecule has 0 saturated heterocycles. The number of H-pyrrole nitrogens is 1. The molecule has 2 heterocycles. The number of aliphatic hydroxyl groups excluding tert-OH is 1. The van der Waals surface area contributed by atoms with Crippen molar-refractivity contribution in [2.24, 2.45) is 0 Å². The smallest absolute Gasteiger partial charge is 0.220 e. The van der Waals surface area contributed by atoms with Crippen LogP contribution in [0.1, 0.15) is 43.4 Å². The van der Waals surface area contributed by atoms with Gasteiger partial charge in [0.15, 0.2) is 0 Å². The first kappa shape index (κ1) is 19.0. The van der Waals surface area contributed by atoms with Crippen LogP contribution in [-0.2, 0) is 11.2 Å². The van der Waals surface area contributed by atoms with Gasteiger partial charge in [0.25, 0.3) is 0 Å². The third-order valence-electron chi connectivity index (χ3n) is 5.46. The van der Waals surface area contributed by atoms with E-state index in [1.807, 2.05) is 35.9 Å². The summed E-state index contributed by atoms with van der Waals surface area (Å²) in [6.45, 7) is 1.92. The lowest BCUT2D eigenvalue weighted by atomic mass is 10.1. The van der Waals surface area contributed by atoms with E-state index in [0.29, 0.717) is 24.3 Å². The maximum atomic E-state index is 12.3. The Hall–Kier alpha value is -2.38. The van der Waals surface area contributed by atoms with Crippen molar-refractivity contribution in [1.29, 1.82) is 0 Å². The van der Waals surface area contributed by atoms with Gasteiger partial charge in [0.2, 0.25) is 5.91 Å². The van der Waals surface area contributed by atoms with Gasteiger partial charge in [-0.3, -0.25) is 4.79 Å². The first-order valence-electron chi connectivity index (χ1n) is 9.62. The number of nitrogens with zero attached hydrogens (tertiary/aromatic N) is 3. The molecule has 1 amide bonds. The van der Waals surface area contributed by atoms with Crippen LogP contribution in [0.2, 0.25) is 5.02 Å². The molecule has 0 unspecified atom stereocenters. The number of fused-ring (bicyclic) bond motifs is 1. The van der Waals surface area contributed by atoms with Crippen molar-refractivity contribution in [3.8, 4) is 0 Å². The number of hydrogen-bond donors (Lipinski definition) is 3. The molecule has 0 radical (unpaired) electrons. The van der Waals surface area contributed by atoms with E-state index in [4.69, 9.17) is 11.6 Å². The zero-order valence-corrected chi connectivity index (χ0v) is 16.5. The van der Waals surface area contributed by atoms with Crippen LogP contribution < -0.4 is 5.32 Å². The molecule has 3 atom stereocenters. The van der Waals surface area contributed by atoms with Gasteiger partial charge >= 0.3 is 0 Å². The topological polar surface area (TPSA) is 95.8 Å². The standard InChI is InChI=1S/C20H24ClN5O2/c1-12-22-9-10-26(12)17-8-7-15(20(17)28)25-19(27)4-2-3-18-23-14-6-5-13(21)11-16(14)24-18/h5-6,9-11,15,17,20,28H,2-4,7-8H2,1H3,(H,23,24)(H,25,27)/t15-,17-,20-/m1/s1. The number of carbonyl (C=O) groups excluding carboxylic acids is 1. The second-order valence-electron chi connectivity index (χ2n) is 7.39. The predicted molar refractivity (Wildman–Crippen MR) is 107 cm³/mol.